The summed E-state index contributed by atoms with van der Waals surface area (Å²) < 4.78 is 2.14. The number of carbonyl (C=O) groups excluding carboxylic acids is 2. The number of aromatic nitrogens is 1. The molecule has 1 aliphatic heterocycles. The number of para-hydroxylation sites is 2. The van der Waals surface area contributed by atoms with Gasteiger partial charge in [-0.3, -0.25) is 14.5 Å². The molecule has 2 heterocycles. The minimum Gasteiger partial charge on any atom is -0.329 e. The van der Waals surface area contributed by atoms with Gasteiger partial charge < -0.3 is 9.47 Å². The number of rotatable bonds is 7. The van der Waals surface area contributed by atoms with Crippen LogP contribution in [0, 0.1) is 6.92 Å². The summed E-state index contributed by atoms with van der Waals surface area (Å²) in [4.78, 5) is 31.3. The van der Waals surface area contributed by atoms with E-state index in [1.54, 1.807) is 23.1 Å². The maximum atomic E-state index is 14.3. The first-order valence-corrected chi connectivity index (χ1v) is 13.5. The standard InChI is InChI=1S/C31H29Cl2N3O2/c1-3-4-14-34(31(38)23-17-24(32)19-25(33)18-23)20-29(37)36-27-12-6-5-11-26(27)35-15-8-13-28(35)30(36)22-10-7-9-21(2)16-22/h5-13,15-19,30H,3-4,14,20H2,1-2H3. The highest BCUT2D eigenvalue weighted by molar-refractivity contribution is 6.35. The first-order valence-electron chi connectivity index (χ1n) is 12.8. The molecule has 1 unspecified atom stereocenters. The van der Waals surface area contributed by atoms with E-state index in [2.05, 4.69) is 29.7 Å². The van der Waals surface area contributed by atoms with Crippen molar-refractivity contribution in [3.05, 3.63) is 117 Å². The number of aryl methyl sites for hydroxylation is 1. The molecule has 5 nitrogen and oxygen atoms in total. The van der Waals surface area contributed by atoms with Crippen LogP contribution in [0.4, 0.5) is 5.69 Å². The fourth-order valence-corrected chi connectivity index (χ4v) is 5.64. The highest BCUT2D eigenvalue weighted by Crippen LogP contribution is 2.42. The third-order valence-electron chi connectivity index (χ3n) is 6.85. The van der Waals surface area contributed by atoms with Gasteiger partial charge in [0.1, 0.15) is 12.6 Å². The molecule has 1 atom stereocenters. The van der Waals surface area contributed by atoms with Crippen LogP contribution in [0.25, 0.3) is 5.69 Å². The lowest BCUT2D eigenvalue weighted by atomic mass is 9.96. The summed E-state index contributed by atoms with van der Waals surface area (Å²) in [6.07, 6.45) is 3.69. The molecule has 0 radical (unpaired) electrons. The van der Waals surface area contributed by atoms with E-state index >= 15 is 0 Å². The van der Waals surface area contributed by atoms with E-state index in [9.17, 15) is 9.59 Å². The average Bonchev–Trinajstić information content (AvgIpc) is 3.39. The molecule has 38 heavy (non-hydrogen) atoms. The maximum Gasteiger partial charge on any atom is 0.254 e. The molecule has 2 amide bonds. The van der Waals surface area contributed by atoms with Crippen molar-refractivity contribution in [3.63, 3.8) is 0 Å². The second-order valence-electron chi connectivity index (χ2n) is 9.61. The molecule has 3 aromatic carbocycles. The number of halogens is 2. The van der Waals surface area contributed by atoms with Crippen molar-refractivity contribution in [2.75, 3.05) is 18.0 Å². The molecule has 194 valence electrons. The summed E-state index contributed by atoms with van der Waals surface area (Å²) in [5.74, 6) is -0.425. The van der Waals surface area contributed by atoms with Crippen LogP contribution in [0.1, 0.15) is 53.0 Å². The second kappa shape index (κ2) is 11.1. The van der Waals surface area contributed by atoms with Crippen molar-refractivity contribution in [1.82, 2.24) is 9.47 Å². The molecule has 0 bridgehead atoms. The smallest absolute Gasteiger partial charge is 0.254 e. The minimum atomic E-state index is -0.337. The lowest BCUT2D eigenvalue weighted by Gasteiger charge is -2.39. The molecule has 7 heteroatoms. The molecule has 0 saturated heterocycles. The molecule has 0 fully saturated rings. The van der Waals surface area contributed by atoms with E-state index < -0.39 is 0 Å². The first kappa shape index (κ1) is 26.1. The summed E-state index contributed by atoms with van der Waals surface area (Å²) in [7, 11) is 0. The number of benzene rings is 3. The van der Waals surface area contributed by atoms with Crippen molar-refractivity contribution in [2.45, 2.75) is 32.7 Å². The molecule has 0 spiro atoms. The van der Waals surface area contributed by atoms with Crippen LogP contribution in [-0.2, 0) is 4.79 Å². The van der Waals surface area contributed by atoms with Crippen molar-refractivity contribution in [3.8, 4) is 5.69 Å². The van der Waals surface area contributed by atoms with Crippen LogP contribution in [0.15, 0.2) is 85.1 Å². The normalized spacial score (nSPS) is 14.1. The van der Waals surface area contributed by atoms with Gasteiger partial charge in [-0.1, -0.05) is 78.5 Å². The highest BCUT2D eigenvalue weighted by Gasteiger charge is 2.37. The Morgan fingerprint density at radius 2 is 1.63 bits per heavy atom. The Bertz CT molecular complexity index is 1480. The Morgan fingerprint density at radius 3 is 2.34 bits per heavy atom. The van der Waals surface area contributed by atoms with E-state index in [1.807, 2.05) is 60.5 Å². The topological polar surface area (TPSA) is 45.6 Å². The van der Waals surface area contributed by atoms with Gasteiger partial charge >= 0.3 is 0 Å². The van der Waals surface area contributed by atoms with E-state index in [0.717, 1.165) is 41.0 Å². The van der Waals surface area contributed by atoms with E-state index in [0.29, 0.717) is 22.2 Å². The van der Waals surface area contributed by atoms with Crippen LogP contribution in [0.5, 0.6) is 0 Å². The number of anilines is 1. The van der Waals surface area contributed by atoms with E-state index in [1.165, 1.54) is 0 Å². The summed E-state index contributed by atoms with van der Waals surface area (Å²) in [6, 6.07) is 24.6. The predicted octanol–water partition coefficient (Wildman–Crippen LogP) is 7.47. The van der Waals surface area contributed by atoms with Crippen LogP contribution in [0.2, 0.25) is 10.0 Å². The Kier molecular flexibility index (Phi) is 7.59. The van der Waals surface area contributed by atoms with Crippen LogP contribution >= 0.6 is 23.2 Å². The van der Waals surface area contributed by atoms with Crippen molar-refractivity contribution in [2.24, 2.45) is 0 Å². The minimum absolute atomic E-state index is 0.0691. The van der Waals surface area contributed by atoms with E-state index in [-0.39, 0.29) is 24.4 Å². The lowest BCUT2D eigenvalue weighted by Crippen LogP contribution is -2.47. The number of unbranched alkanes of at least 4 members (excludes halogenated alkanes) is 1. The quantitative estimate of drug-likeness (QED) is 0.241. The second-order valence-corrected chi connectivity index (χ2v) is 10.5. The third kappa shape index (κ3) is 5.09. The summed E-state index contributed by atoms with van der Waals surface area (Å²) in [5.41, 5.74) is 5.23. The average molecular weight is 546 g/mol. The van der Waals surface area contributed by atoms with Crippen LogP contribution in [0.3, 0.4) is 0 Å². The molecular weight excluding hydrogens is 517 g/mol. The molecule has 4 aromatic rings. The highest BCUT2D eigenvalue weighted by atomic mass is 35.5. The van der Waals surface area contributed by atoms with Gasteiger partial charge in [-0.25, -0.2) is 0 Å². The SMILES string of the molecule is CCCCN(CC(=O)N1c2ccccc2-n2cccc2C1c1cccc(C)c1)C(=O)c1cc(Cl)cc(Cl)c1. The van der Waals surface area contributed by atoms with Gasteiger partial charge in [0, 0.05) is 28.4 Å². The number of nitrogens with zero attached hydrogens (tertiary/aromatic N) is 3. The van der Waals surface area contributed by atoms with Crippen molar-refractivity contribution >= 4 is 40.7 Å². The molecule has 0 N–H and O–H groups in total. The van der Waals surface area contributed by atoms with Gasteiger partial charge in [0.05, 0.1) is 17.1 Å². The monoisotopic (exact) mass is 545 g/mol. The summed E-state index contributed by atoms with van der Waals surface area (Å²) in [5, 5.41) is 0.765. The van der Waals surface area contributed by atoms with Crippen molar-refractivity contribution in [1.29, 1.82) is 0 Å². The van der Waals surface area contributed by atoms with Gasteiger partial charge in [-0.15, -0.1) is 0 Å². The summed E-state index contributed by atoms with van der Waals surface area (Å²) in [6.45, 7) is 4.49. The van der Waals surface area contributed by atoms with Gasteiger partial charge in [-0.2, -0.15) is 0 Å². The number of hydrogen-bond donors (Lipinski definition) is 0. The number of fused-ring (bicyclic) bond motifs is 3. The third-order valence-corrected chi connectivity index (χ3v) is 7.29. The molecule has 1 aliphatic rings. The maximum absolute atomic E-state index is 14.3. The number of amides is 2. The number of carbonyl (C=O) groups is 2. The first-order chi connectivity index (χ1) is 18.4. The van der Waals surface area contributed by atoms with Crippen LogP contribution in [-0.4, -0.2) is 34.4 Å². The van der Waals surface area contributed by atoms with Gasteiger partial charge in [-0.05, 0) is 61.4 Å². The molecule has 0 aliphatic carbocycles. The van der Waals surface area contributed by atoms with Crippen molar-refractivity contribution < 1.29 is 9.59 Å². The predicted molar refractivity (Wildman–Crippen MR) is 154 cm³/mol. The fraction of sp³-hybridized carbons (Fsp3) is 0.226. The Morgan fingerprint density at radius 1 is 0.895 bits per heavy atom. The Labute approximate surface area is 233 Å². The van der Waals surface area contributed by atoms with Gasteiger partial charge in [0.25, 0.3) is 5.91 Å². The molecule has 0 saturated carbocycles. The van der Waals surface area contributed by atoms with Crippen LogP contribution < -0.4 is 4.90 Å². The zero-order valence-corrected chi connectivity index (χ0v) is 22.9. The lowest BCUT2D eigenvalue weighted by molar-refractivity contribution is -0.119. The van der Waals surface area contributed by atoms with Gasteiger partial charge in [0.2, 0.25) is 5.91 Å². The fourth-order valence-electron chi connectivity index (χ4n) is 5.12. The van der Waals surface area contributed by atoms with Gasteiger partial charge in [0.15, 0.2) is 0 Å². The largest absolute Gasteiger partial charge is 0.329 e. The zero-order valence-electron chi connectivity index (χ0n) is 21.4. The number of hydrogen-bond acceptors (Lipinski definition) is 2. The van der Waals surface area contributed by atoms with E-state index in [4.69, 9.17) is 23.2 Å². The summed E-state index contributed by atoms with van der Waals surface area (Å²) >= 11 is 12.4. The molecule has 5 rings (SSSR count). The Hall–Kier alpha value is -3.54. The molecular formula is C31H29Cl2N3O2. The zero-order chi connectivity index (χ0) is 26.8. The molecule has 1 aromatic heterocycles. The Balaban J connectivity index is 1.56.